The summed E-state index contributed by atoms with van der Waals surface area (Å²) in [5.74, 6) is -1.10. The van der Waals surface area contributed by atoms with Crippen LogP contribution in [0.2, 0.25) is 0 Å². The smallest absolute Gasteiger partial charge is 0.337 e. The summed E-state index contributed by atoms with van der Waals surface area (Å²) in [6.07, 6.45) is 0. The summed E-state index contributed by atoms with van der Waals surface area (Å²) in [5, 5.41) is 8.81. The van der Waals surface area contributed by atoms with E-state index in [0.717, 1.165) is 16.8 Å². The highest BCUT2D eigenvalue weighted by molar-refractivity contribution is 6.19. The van der Waals surface area contributed by atoms with Crippen molar-refractivity contribution in [3.63, 3.8) is 0 Å². The first-order chi connectivity index (χ1) is 17.6. The number of carbonyl (C=O) groups excluding carboxylic acids is 2. The molecule has 0 aliphatic carbocycles. The van der Waals surface area contributed by atoms with E-state index in [1.807, 2.05) is 96.0 Å². The van der Waals surface area contributed by atoms with Gasteiger partial charge in [-0.25, -0.2) is 9.59 Å². The molecule has 3 aromatic carbocycles. The Kier molecular flexibility index (Phi) is 6.40. The number of nitrogens with zero attached hydrogens (tertiary/aromatic N) is 3. The Morgan fingerprint density at radius 2 is 1.36 bits per heavy atom. The van der Waals surface area contributed by atoms with Gasteiger partial charge >= 0.3 is 11.9 Å². The van der Waals surface area contributed by atoms with Crippen LogP contribution in [0.3, 0.4) is 0 Å². The van der Waals surface area contributed by atoms with Crippen molar-refractivity contribution in [3.05, 3.63) is 113 Å². The number of para-hydroxylation sites is 1. The zero-order chi connectivity index (χ0) is 25.1. The van der Waals surface area contributed by atoms with Gasteiger partial charge in [0.15, 0.2) is 0 Å². The molecule has 0 saturated carbocycles. The molecule has 0 fully saturated rings. The number of fused-ring (bicyclic) bond motifs is 1. The molecule has 7 heteroatoms. The predicted octanol–water partition coefficient (Wildman–Crippen LogP) is 4.46. The second kappa shape index (κ2) is 9.79. The second-order valence-electron chi connectivity index (χ2n) is 8.37. The molecule has 2 heterocycles. The lowest BCUT2D eigenvalue weighted by atomic mass is 9.76. The van der Waals surface area contributed by atoms with Crippen LogP contribution in [0.4, 0.5) is 5.69 Å². The molecule has 0 radical (unpaired) electrons. The Bertz CT molecular complexity index is 1320. The fraction of sp³-hybridized carbons (Fsp3) is 0.207. The third-order valence-electron chi connectivity index (χ3n) is 6.35. The monoisotopic (exact) mass is 481 g/mol. The van der Waals surface area contributed by atoms with Crippen LogP contribution in [0, 0.1) is 0 Å². The van der Waals surface area contributed by atoms with Crippen molar-refractivity contribution in [1.29, 1.82) is 0 Å². The zero-order valence-electron chi connectivity index (χ0n) is 20.3. The van der Waals surface area contributed by atoms with Gasteiger partial charge in [-0.1, -0.05) is 78.9 Å². The lowest BCUT2D eigenvalue weighted by molar-refractivity contribution is -0.141. The first-order valence-electron chi connectivity index (χ1n) is 12.0. The molecular weight excluding hydrogens is 454 g/mol. The summed E-state index contributed by atoms with van der Waals surface area (Å²) in [7, 11) is 0. The molecule has 1 atom stereocenters. The summed E-state index contributed by atoms with van der Waals surface area (Å²) in [5.41, 5.74) is 2.35. The zero-order valence-corrected chi connectivity index (χ0v) is 20.3. The number of hydrogen-bond acceptors (Lipinski definition) is 7. The number of esters is 2. The van der Waals surface area contributed by atoms with Crippen LogP contribution in [-0.2, 0) is 24.6 Å². The molecule has 1 unspecified atom stereocenters. The van der Waals surface area contributed by atoms with Crippen molar-refractivity contribution in [3.8, 4) is 0 Å². The number of ether oxygens (including phenoxy) is 2. The van der Waals surface area contributed by atoms with Crippen molar-refractivity contribution >= 4 is 23.3 Å². The van der Waals surface area contributed by atoms with E-state index in [-0.39, 0.29) is 30.9 Å². The van der Waals surface area contributed by atoms with Crippen molar-refractivity contribution in [2.45, 2.75) is 19.4 Å². The summed E-state index contributed by atoms with van der Waals surface area (Å²) >= 11 is 0. The third kappa shape index (κ3) is 3.69. The summed E-state index contributed by atoms with van der Waals surface area (Å²) in [6.45, 7) is 3.99. The number of benzene rings is 3. The van der Waals surface area contributed by atoms with Gasteiger partial charge in [-0.3, -0.25) is 0 Å². The highest BCUT2D eigenvalue weighted by Gasteiger charge is 2.62. The molecule has 7 nitrogen and oxygen atoms in total. The Hall–Kier alpha value is -4.23. The van der Waals surface area contributed by atoms with E-state index < -0.39 is 17.5 Å². The molecule has 2 aliphatic rings. The van der Waals surface area contributed by atoms with E-state index in [0.29, 0.717) is 5.71 Å². The van der Waals surface area contributed by atoms with Crippen molar-refractivity contribution in [2.75, 3.05) is 24.9 Å². The van der Waals surface area contributed by atoms with E-state index in [1.165, 1.54) is 0 Å². The van der Waals surface area contributed by atoms with E-state index in [2.05, 4.69) is 0 Å². The van der Waals surface area contributed by atoms with Crippen LogP contribution in [-0.4, -0.2) is 42.4 Å². The maximum absolute atomic E-state index is 13.7. The van der Waals surface area contributed by atoms with Gasteiger partial charge in [-0.2, -0.15) is 15.2 Å². The summed E-state index contributed by atoms with van der Waals surface area (Å²) < 4.78 is 11.0. The van der Waals surface area contributed by atoms with Crippen LogP contribution in [0.15, 0.2) is 107 Å². The normalized spacial score (nSPS) is 19.2. The average Bonchev–Trinajstić information content (AvgIpc) is 3.44. The summed E-state index contributed by atoms with van der Waals surface area (Å²) in [6, 6.07) is 29.1. The molecule has 0 bridgehead atoms. The number of hydrazone groups is 1. The minimum absolute atomic E-state index is 0.122. The largest absolute Gasteiger partial charge is 0.463 e. The Labute approximate surface area is 210 Å². The SMILES string of the molecule is CCOC(=O)C1=C(C(=O)OCC)C2(c3ccccc3)C(c3ccccc3)=NN(c3ccccc3)N2C1. The number of rotatable bonds is 7. The highest BCUT2D eigenvalue weighted by Crippen LogP contribution is 2.51. The number of anilines is 1. The molecule has 3 aromatic rings. The lowest BCUT2D eigenvalue weighted by Gasteiger charge is -2.38. The van der Waals surface area contributed by atoms with Gasteiger partial charge in [0.05, 0.1) is 36.6 Å². The van der Waals surface area contributed by atoms with E-state index in [9.17, 15) is 9.59 Å². The fourth-order valence-corrected chi connectivity index (χ4v) is 4.96. The molecule has 0 spiro atoms. The van der Waals surface area contributed by atoms with Crippen molar-refractivity contribution in [1.82, 2.24) is 5.01 Å². The number of carbonyl (C=O) groups is 2. The third-order valence-corrected chi connectivity index (χ3v) is 6.35. The van der Waals surface area contributed by atoms with Gasteiger partial charge in [0.25, 0.3) is 0 Å². The Morgan fingerprint density at radius 3 is 1.97 bits per heavy atom. The number of hydrogen-bond donors (Lipinski definition) is 0. The quantitative estimate of drug-likeness (QED) is 0.464. The molecule has 0 aromatic heterocycles. The molecule has 0 N–H and O–H groups in total. The van der Waals surface area contributed by atoms with Crippen LogP contribution >= 0.6 is 0 Å². The first-order valence-corrected chi connectivity index (χ1v) is 12.0. The minimum Gasteiger partial charge on any atom is -0.463 e. The van der Waals surface area contributed by atoms with Crippen molar-refractivity contribution < 1.29 is 19.1 Å². The standard InChI is InChI=1S/C29H27N3O4/c1-3-35-27(33)24-20-31-29(22-16-10-6-11-17-22,25(24)28(34)36-4-2)26(21-14-8-5-9-15-21)30-32(31)23-18-12-7-13-19-23/h5-19H,3-4,20H2,1-2H3. The molecule has 182 valence electrons. The number of hydrazine groups is 1. The average molecular weight is 482 g/mol. The van der Waals surface area contributed by atoms with Crippen LogP contribution in [0.25, 0.3) is 0 Å². The van der Waals surface area contributed by atoms with Gasteiger partial charge in [0.1, 0.15) is 11.3 Å². The molecule has 5 rings (SSSR count). The van der Waals surface area contributed by atoms with Crippen LogP contribution in [0.1, 0.15) is 25.0 Å². The maximum atomic E-state index is 13.7. The molecule has 2 aliphatic heterocycles. The van der Waals surface area contributed by atoms with Gasteiger partial charge in [0, 0.05) is 5.56 Å². The molecule has 36 heavy (non-hydrogen) atoms. The minimum atomic E-state index is -1.20. The van der Waals surface area contributed by atoms with Gasteiger partial charge in [-0.15, -0.1) is 0 Å². The molecular formula is C29H27N3O4. The van der Waals surface area contributed by atoms with Gasteiger partial charge < -0.3 is 9.47 Å². The van der Waals surface area contributed by atoms with Crippen molar-refractivity contribution in [2.24, 2.45) is 5.10 Å². The van der Waals surface area contributed by atoms with Crippen LogP contribution in [0.5, 0.6) is 0 Å². The fourth-order valence-electron chi connectivity index (χ4n) is 4.96. The Morgan fingerprint density at radius 1 is 0.806 bits per heavy atom. The first kappa shape index (κ1) is 23.5. The molecule has 0 saturated heterocycles. The second-order valence-corrected chi connectivity index (χ2v) is 8.37. The lowest BCUT2D eigenvalue weighted by Crippen LogP contribution is -2.51. The van der Waals surface area contributed by atoms with Gasteiger partial charge in [-0.05, 0) is 31.5 Å². The van der Waals surface area contributed by atoms with E-state index in [4.69, 9.17) is 14.6 Å². The highest BCUT2D eigenvalue weighted by atomic mass is 16.5. The Balaban J connectivity index is 1.85. The van der Waals surface area contributed by atoms with Gasteiger partial charge in [0.2, 0.25) is 0 Å². The summed E-state index contributed by atoms with van der Waals surface area (Å²) in [4.78, 5) is 27.0. The topological polar surface area (TPSA) is 71.4 Å². The van der Waals surface area contributed by atoms with E-state index >= 15 is 0 Å². The molecule has 0 amide bonds. The van der Waals surface area contributed by atoms with Crippen LogP contribution < -0.4 is 5.12 Å². The predicted molar refractivity (Wildman–Crippen MR) is 137 cm³/mol. The maximum Gasteiger partial charge on any atom is 0.337 e. The van der Waals surface area contributed by atoms with E-state index in [1.54, 1.807) is 19.0 Å².